The summed E-state index contributed by atoms with van der Waals surface area (Å²) in [5, 5.41) is 11.8. The fourth-order valence-electron chi connectivity index (χ4n) is 5.11. The number of hydrogen-bond acceptors (Lipinski definition) is 2. The maximum atomic E-state index is 11.8. The summed E-state index contributed by atoms with van der Waals surface area (Å²) in [5.41, 5.74) is 0.464. The molecular formula is C21H29NO. The lowest BCUT2D eigenvalue weighted by Gasteiger charge is -2.40. The number of hydrogen-bond donors (Lipinski definition) is 1. The molecule has 1 heterocycles. The van der Waals surface area contributed by atoms with Crippen LogP contribution in [0, 0.1) is 17.8 Å². The molecule has 2 aliphatic carbocycles. The third-order valence-electron chi connectivity index (χ3n) is 6.42. The van der Waals surface area contributed by atoms with Gasteiger partial charge < -0.3 is 10.0 Å². The number of benzene rings is 1. The standard InChI is InChI=1S/C21H29NO/c23-21(19-7-3-1-4-8-19,11-14-22-12-5-2-6-13-22)20-16-17-9-10-18(20)15-17/h1,3-4,7-10,17-18,20,23H,2,5-6,11-16H2/t17-,18+,20?,21?/m0/s1. The largest absolute Gasteiger partial charge is 0.385 e. The van der Waals surface area contributed by atoms with Crippen molar-refractivity contribution in [3.63, 3.8) is 0 Å². The lowest BCUT2D eigenvalue weighted by molar-refractivity contribution is -0.0495. The minimum Gasteiger partial charge on any atom is -0.385 e. The summed E-state index contributed by atoms with van der Waals surface area (Å²) in [5.74, 6) is 1.67. The topological polar surface area (TPSA) is 23.5 Å². The molecule has 1 aromatic rings. The zero-order valence-corrected chi connectivity index (χ0v) is 14.0. The van der Waals surface area contributed by atoms with Gasteiger partial charge in [-0.2, -0.15) is 0 Å². The van der Waals surface area contributed by atoms with Gasteiger partial charge in [0.2, 0.25) is 0 Å². The third-order valence-corrected chi connectivity index (χ3v) is 6.42. The molecule has 0 radical (unpaired) electrons. The Bertz CT molecular complexity index is 548. The van der Waals surface area contributed by atoms with Gasteiger partial charge in [0.1, 0.15) is 0 Å². The van der Waals surface area contributed by atoms with Crippen molar-refractivity contribution in [1.29, 1.82) is 0 Å². The highest BCUT2D eigenvalue weighted by Gasteiger charge is 2.48. The molecule has 1 saturated carbocycles. The second-order valence-corrected chi connectivity index (χ2v) is 7.83. The van der Waals surface area contributed by atoms with Crippen LogP contribution < -0.4 is 0 Å². The van der Waals surface area contributed by atoms with Crippen molar-refractivity contribution in [3.8, 4) is 0 Å². The summed E-state index contributed by atoms with van der Waals surface area (Å²) in [4.78, 5) is 2.56. The number of piperidine rings is 1. The van der Waals surface area contributed by atoms with Crippen LogP contribution in [0.3, 0.4) is 0 Å². The van der Waals surface area contributed by atoms with Crippen molar-refractivity contribution < 1.29 is 5.11 Å². The smallest absolute Gasteiger partial charge is 0.0942 e. The Hall–Kier alpha value is -1.12. The molecule has 3 aliphatic rings. The van der Waals surface area contributed by atoms with E-state index in [9.17, 15) is 5.11 Å². The molecule has 0 spiro atoms. The molecule has 4 atom stereocenters. The Morgan fingerprint density at radius 3 is 2.43 bits per heavy atom. The Labute approximate surface area is 140 Å². The van der Waals surface area contributed by atoms with Crippen LogP contribution in [-0.2, 0) is 5.60 Å². The average Bonchev–Trinajstić information content (AvgIpc) is 3.25. The molecule has 1 N–H and O–H groups in total. The quantitative estimate of drug-likeness (QED) is 0.832. The lowest BCUT2D eigenvalue weighted by atomic mass is 9.72. The Morgan fingerprint density at radius 1 is 1.00 bits per heavy atom. The second kappa shape index (κ2) is 6.41. The zero-order chi connectivity index (χ0) is 15.7. The molecule has 1 saturated heterocycles. The van der Waals surface area contributed by atoms with Crippen molar-refractivity contribution in [2.45, 2.75) is 44.1 Å². The molecule has 1 aromatic carbocycles. The molecule has 2 heteroatoms. The molecule has 23 heavy (non-hydrogen) atoms. The number of allylic oxidation sites excluding steroid dienone is 2. The van der Waals surface area contributed by atoms with Crippen LogP contribution in [0.4, 0.5) is 0 Å². The highest BCUT2D eigenvalue weighted by atomic mass is 16.3. The zero-order valence-electron chi connectivity index (χ0n) is 14.0. The fraction of sp³-hybridized carbons (Fsp3) is 0.619. The van der Waals surface area contributed by atoms with E-state index in [1.165, 1.54) is 38.8 Å². The van der Waals surface area contributed by atoms with Crippen LogP contribution in [0.25, 0.3) is 0 Å². The number of aliphatic hydroxyl groups is 1. The Morgan fingerprint density at radius 2 is 1.78 bits per heavy atom. The highest BCUT2D eigenvalue weighted by Crippen LogP contribution is 2.52. The first-order valence-corrected chi connectivity index (χ1v) is 9.44. The summed E-state index contributed by atoms with van der Waals surface area (Å²) in [6.45, 7) is 3.45. The van der Waals surface area contributed by atoms with E-state index in [0.717, 1.165) is 24.9 Å². The Kier molecular flexibility index (Phi) is 4.29. The van der Waals surface area contributed by atoms with E-state index < -0.39 is 5.60 Å². The first-order chi connectivity index (χ1) is 11.3. The van der Waals surface area contributed by atoms with Crippen molar-refractivity contribution in [1.82, 2.24) is 4.90 Å². The minimum absolute atomic E-state index is 0.393. The predicted octanol–water partition coefficient (Wildman–Crippen LogP) is 3.96. The SMILES string of the molecule is OC(CCN1CCCCC1)(c1ccccc1)C1C[C@H]2C=C[C@@H]1C2. The molecule has 124 valence electrons. The molecule has 2 nitrogen and oxygen atoms in total. The Balaban J connectivity index is 1.55. The minimum atomic E-state index is -0.664. The molecule has 2 fully saturated rings. The van der Waals surface area contributed by atoms with Crippen LogP contribution in [-0.4, -0.2) is 29.6 Å². The van der Waals surface area contributed by atoms with Crippen LogP contribution in [0.15, 0.2) is 42.5 Å². The summed E-state index contributed by atoms with van der Waals surface area (Å²) >= 11 is 0. The first-order valence-electron chi connectivity index (χ1n) is 9.44. The van der Waals surface area contributed by atoms with Gasteiger partial charge in [0, 0.05) is 6.54 Å². The third kappa shape index (κ3) is 2.99. The molecule has 0 aromatic heterocycles. The van der Waals surface area contributed by atoms with Crippen LogP contribution >= 0.6 is 0 Å². The summed E-state index contributed by atoms with van der Waals surface area (Å²) in [7, 11) is 0. The maximum absolute atomic E-state index is 11.8. The van der Waals surface area contributed by atoms with Gasteiger partial charge in [-0.25, -0.2) is 0 Å². The lowest BCUT2D eigenvalue weighted by Crippen LogP contribution is -2.42. The van der Waals surface area contributed by atoms with Crippen LogP contribution in [0.2, 0.25) is 0 Å². The number of fused-ring (bicyclic) bond motifs is 2. The van der Waals surface area contributed by atoms with E-state index in [1.807, 2.05) is 0 Å². The van der Waals surface area contributed by atoms with Crippen LogP contribution in [0.1, 0.15) is 44.1 Å². The van der Waals surface area contributed by atoms with E-state index in [1.54, 1.807) is 0 Å². The summed E-state index contributed by atoms with van der Waals surface area (Å²) in [6, 6.07) is 10.5. The molecular weight excluding hydrogens is 282 g/mol. The van der Waals surface area contributed by atoms with Crippen molar-refractivity contribution >= 4 is 0 Å². The van der Waals surface area contributed by atoms with E-state index in [4.69, 9.17) is 0 Å². The van der Waals surface area contributed by atoms with Gasteiger partial charge in [-0.1, -0.05) is 48.9 Å². The summed E-state index contributed by atoms with van der Waals surface area (Å²) in [6.07, 6.45) is 12.0. The summed E-state index contributed by atoms with van der Waals surface area (Å²) < 4.78 is 0. The average molecular weight is 311 g/mol. The maximum Gasteiger partial charge on any atom is 0.0942 e. The molecule has 4 rings (SSSR count). The molecule has 2 unspecified atom stereocenters. The van der Waals surface area contributed by atoms with E-state index in [-0.39, 0.29) is 0 Å². The number of nitrogens with zero attached hydrogens (tertiary/aromatic N) is 1. The van der Waals surface area contributed by atoms with Gasteiger partial charge in [0.25, 0.3) is 0 Å². The predicted molar refractivity (Wildman–Crippen MR) is 94.1 cm³/mol. The molecule has 1 aliphatic heterocycles. The fourth-order valence-corrected chi connectivity index (χ4v) is 5.11. The second-order valence-electron chi connectivity index (χ2n) is 7.83. The van der Waals surface area contributed by atoms with Crippen molar-refractivity contribution in [2.75, 3.05) is 19.6 Å². The van der Waals surface area contributed by atoms with Gasteiger partial charge in [-0.15, -0.1) is 0 Å². The van der Waals surface area contributed by atoms with E-state index in [0.29, 0.717) is 17.8 Å². The number of likely N-dealkylation sites (tertiary alicyclic amines) is 1. The van der Waals surface area contributed by atoms with Gasteiger partial charge in [0.15, 0.2) is 0 Å². The van der Waals surface area contributed by atoms with E-state index >= 15 is 0 Å². The highest BCUT2D eigenvalue weighted by molar-refractivity contribution is 5.27. The molecule has 0 amide bonds. The van der Waals surface area contributed by atoms with Gasteiger partial charge >= 0.3 is 0 Å². The van der Waals surface area contributed by atoms with Gasteiger partial charge in [0.05, 0.1) is 5.60 Å². The van der Waals surface area contributed by atoms with Gasteiger partial charge in [-0.3, -0.25) is 0 Å². The molecule has 2 bridgehead atoms. The van der Waals surface area contributed by atoms with Crippen molar-refractivity contribution in [2.24, 2.45) is 17.8 Å². The van der Waals surface area contributed by atoms with Crippen molar-refractivity contribution in [3.05, 3.63) is 48.0 Å². The van der Waals surface area contributed by atoms with Crippen LogP contribution in [0.5, 0.6) is 0 Å². The van der Waals surface area contributed by atoms with E-state index in [2.05, 4.69) is 47.4 Å². The monoisotopic (exact) mass is 311 g/mol. The van der Waals surface area contributed by atoms with Gasteiger partial charge in [-0.05, 0) is 68.5 Å². The first kappa shape index (κ1) is 15.4. The normalized spacial score (nSPS) is 33.0. The number of rotatable bonds is 5.